The lowest BCUT2D eigenvalue weighted by molar-refractivity contribution is 0.324. The Morgan fingerprint density at radius 2 is 1.59 bits per heavy atom. The molecule has 3 aromatic carbocycles. The van der Waals surface area contributed by atoms with Crippen molar-refractivity contribution in [3.63, 3.8) is 0 Å². The summed E-state index contributed by atoms with van der Waals surface area (Å²) in [5, 5.41) is 5.50. The highest BCUT2D eigenvalue weighted by atomic mass is 16.5. The van der Waals surface area contributed by atoms with Crippen molar-refractivity contribution in [2.45, 2.75) is 6.92 Å². The van der Waals surface area contributed by atoms with Gasteiger partial charge in [-0.2, -0.15) is 4.98 Å². The highest BCUT2D eigenvalue weighted by Gasteiger charge is 2.16. The SMILES string of the molecule is CCN(c1ncnc(Nc2cc(OC)c(OC)c(OC)c2)n1)c1cccc2ccccc12. The molecular formula is C24H25N5O3. The summed E-state index contributed by atoms with van der Waals surface area (Å²) in [5.74, 6) is 2.55. The molecule has 1 heterocycles. The Balaban J connectivity index is 1.69. The molecule has 0 aliphatic heterocycles. The average Bonchev–Trinajstić information content (AvgIpc) is 2.84. The molecule has 0 bridgehead atoms. The summed E-state index contributed by atoms with van der Waals surface area (Å²) in [5.41, 5.74) is 1.74. The predicted octanol–water partition coefficient (Wildman–Crippen LogP) is 4.95. The number of rotatable bonds is 8. The highest BCUT2D eigenvalue weighted by Crippen LogP contribution is 2.40. The molecule has 164 valence electrons. The molecule has 0 fully saturated rings. The number of nitrogens with zero attached hydrogens (tertiary/aromatic N) is 4. The second-order valence-corrected chi connectivity index (χ2v) is 6.89. The molecule has 0 saturated heterocycles. The van der Waals surface area contributed by atoms with E-state index in [1.165, 1.54) is 6.33 Å². The van der Waals surface area contributed by atoms with E-state index in [-0.39, 0.29) is 0 Å². The van der Waals surface area contributed by atoms with E-state index in [0.717, 1.165) is 16.5 Å². The molecule has 1 aromatic heterocycles. The minimum atomic E-state index is 0.406. The number of methoxy groups -OCH3 is 3. The molecule has 0 radical (unpaired) electrons. The number of hydrogen-bond donors (Lipinski definition) is 1. The molecule has 0 spiro atoms. The summed E-state index contributed by atoms with van der Waals surface area (Å²) in [4.78, 5) is 15.4. The maximum atomic E-state index is 5.43. The summed E-state index contributed by atoms with van der Waals surface area (Å²) in [6.07, 6.45) is 1.50. The zero-order valence-electron chi connectivity index (χ0n) is 18.5. The van der Waals surface area contributed by atoms with Crippen LogP contribution in [0.1, 0.15) is 6.92 Å². The monoisotopic (exact) mass is 431 g/mol. The first-order chi connectivity index (χ1) is 15.7. The van der Waals surface area contributed by atoms with E-state index in [1.54, 1.807) is 33.5 Å². The Hall–Kier alpha value is -4.07. The van der Waals surface area contributed by atoms with Gasteiger partial charge in [0.25, 0.3) is 0 Å². The molecule has 4 rings (SSSR count). The van der Waals surface area contributed by atoms with Gasteiger partial charge in [-0.25, -0.2) is 9.97 Å². The average molecular weight is 431 g/mol. The first-order valence-electron chi connectivity index (χ1n) is 10.2. The molecule has 0 aliphatic carbocycles. The molecule has 0 amide bonds. The summed E-state index contributed by atoms with van der Waals surface area (Å²) < 4.78 is 16.2. The summed E-state index contributed by atoms with van der Waals surface area (Å²) in [7, 11) is 4.72. The van der Waals surface area contributed by atoms with Crippen LogP contribution in [0, 0.1) is 0 Å². The normalized spacial score (nSPS) is 10.6. The zero-order chi connectivity index (χ0) is 22.5. The van der Waals surface area contributed by atoms with Crippen LogP contribution in [-0.4, -0.2) is 42.8 Å². The van der Waals surface area contributed by atoms with E-state index in [4.69, 9.17) is 14.2 Å². The highest BCUT2D eigenvalue weighted by molar-refractivity contribution is 5.95. The first kappa shape index (κ1) is 21.2. The summed E-state index contributed by atoms with van der Waals surface area (Å²) >= 11 is 0. The largest absolute Gasteiger partial charge is 0.493 e. The third-order valence-corrected chi connectivity index (χ3v) is 5.10. The second-order valence-electron chi connectivity index (χ2n) is 6.89. The smallest absolute Gasteiger partial charge is 0.234 e. The second kappa shape index (κ2) is 9.38. The fraction of sp³-hybridized carbons (Fsp3) is 0.208. The maximum absolute atomic E-state index is 5.43. The van der Waals surface area contributed by atoms with E-state index in [1.807, 2.05) is 18.2 Å². The van der Waals surface area contributed by atoms with Gasteiger partial charge in [-0.1, -0.05) is 36.4 Å². The number of anilines is 4. The zero-order valence-corrected chi connectivity index (χ0v) is 18.5. The van der Waals surface area contributed by atoms with Gasteiger partial charge in [-0.3, -0.25) is 0 Å². The topological polar surface area (TPSA) is 81.6 Å². The molecule has 4 aromatic rings. The number of fused-ring (bicyclic) bond motifs is 1. The van der Waals surface area contributed by atoms with Gasteiger partial charge in [0, 0.05) is 29.8 Å². The Morgan fingerprint density at radius 1 is 0.875 bits per heavy atom. The maximum Gasteiger partial charge on any atom is 0.234 e. The number of hydrogen-bond acceptors (Lipinski definition) is 8. The molecule has 0 atom stereocenters. The van der Waals surface area contributed by atoms with Crippen molar-refractivity contribution in [3.8, 4) is 17.2 Å². The van der Waals surface area contributed by atoms with Crippen LogP contribution >= 0.6 is 0 Å². The van der Waals surface area contributed by atoms with Gasteiger partial charge in [-0.15, -0.1) is 0 Å². The molecule has 0 aliphatic rings. The van der Waals surface area contributed by atoms with Gasteiger partial charge in [0.05, 0.1) is 27.0 Å². The van der Waals surface area contributed by atoms with Crippen LogP contribution in [0.15, 0.2) is 60.9 Å². The van der Waals surface area contributed by atoms with Crippen molar-refractivity contribution in [1.29, 1.82) is 0 Å². The van der Waals surface area contributed by atoms with Crippen molar-refractivity contribution < 1.29 is 14.2 Å². The van der Waals surface area contributed by atoms with Crippen molar-refractivity contribution in [2.75, 3.05) is 38.1 Å². The van der Waals surface area contributed by atoms with Crippen LogP contribution in [0.3, 0.4) is 0 Å². The molecule has 8 nitrogen and oxygen atoms in total. The number of benzene rings is 3. The van der Waals surface area contributed by atoms with Gasteiger partial charge < -0.3 is 24.4 Å². The molecule has 0 unspecified atom stereocenters. The van der Waals surface area contributed by atoms with Crippen molar-refractivity contribution >= 4 is 34.0 Å². The van der Waals surface area contributed by atoms with E-state index in [9.17, 15) is 0 Å². The Morgan fingerprint density at radius 3 is 2.28 bits per heavy atom. The van der Waals surface area contributed by atoms with Crippen molar-refractivity contribution in [3.05, 3.63) is 60.9 Å². The molecule has 0 saturated carbocycles. The fourth-order valence-electron chi connectivity index (χ4n) is 3.62. The predicted molar refractivity (Wildman–Crippen MR) is 126 cm³/mol. The van der Waals surface area contributed by atoms with Gasteiger partial charge in [-0.05, 0) is 18.4 Å². The van der Waals surface area contributed by atoms with Gasteiger partial charge >= 0.3 is 0 Å². The lowest BCUT2D eigenvalue weighted by atomic mass is 10.1. The number of ether oxygens (including phenoxy) is 3. The van der Waals surface area contributed by atoms with E-state index >= 15 is 0 Å². The van der Waals surface area contributed by atoms with E-state index in [0.29, 0.717) is 41.4 Å². The Kier molecular flexibility index (Phi) is 6.21. The summed E-state index contributed by atoms with van der Waals surface area (Å²) in [6, 6.07) is 18.1. The molecule has 8 heteroatoms. The molecular weight excluding hydrogens is 406 g/mol. The lowest BCUT2D eigenvalue weighted by Gasteiger charge is -2.23. The van der Waals surface area contributed by atoms with Crippen LogP contribution in [0.2, 0.25) is 0 Å². The third-order valence-electron chi connectivity index (χ3n) is 5.10. The minimum absolute atomic E-state index is 0.406. The van der Waals surface area contributed by atoms with Crippen LogP contribution in [0.5, 0.6) is 17.2 Å². The van der Waals surface area contributed by atoms with Gasteiger partial charge in [0.1, 0.15) is 6.33 Å². The summed E-state index contributed by atoms with van der Waals surface area (Å²) in [6.45, 7) is 2.76. The first-order valence-corrected chi connectivity index (χ1v) is 10.2. The van der Waals surface area contributed by atoms with Gasteiger partial charge in [0.15, 0.2) is 11.5 Å². The van der Waals surface area contributed by atoms with Gasteiger partial charge in [0.2, 0.25) is 17.6 Å². The van der Waals surface area contributed by atoms with Crippen LogP contribution < -0.4 is 24.4 Å². The van der Waals surface area contributed by atoms with Crippen LogP contribution in [0.25, 0.3) is 10.8 Å². The number of nitrogens with one attached hydrogen (secondary N) is 1. The fourth-order valence-corrected chi connectivity index (χ4v) is 3.62. The Labute approximate surface area is 186 Å². The third kappa shape index (κ3) is 4.07. The van der Waals surface area contributed by atoms with Crippen LogP contribution in [0.4, 0.5) is 23.3 Å². The molecule has 32 heavy (non-hydrogen) atoms. The Bertz CT molecular complexity index is 1200. The van der Waals surface area contributed by atoms with E-state index < -0.39 is 0 Å². The standard InChI is InChI=1S/C24H25N5O3/c1-5-29(19-12-8-10-16-9-6-7-11-18(16)19)24-26-15-25-23(28-24)27-17-13-20(30-2)22(32-4)21(14-17)31-3/h6-15H,5H2,1-4H3,(H,25,26,27,28). The van der Waals surface area contributed by atoms with Crippen molar-refractivity contribution in [1.82, 2.24) is 15.0 Å². The number of aromatic nitrogens is 3. The van der Waals surface area contributed by atoms with Crippen LogP contribution in [-0.2, 0) is 0 Å². The lowest BCUT2D eigenvalue weighted by Crippen LogP contribution is -2.19. The van der Waals surface area contributed by atoms with Crippen molar-refractivity contribution in [2.24, 2.45) is 0 Å². The quantitative estimate of drug-likeness (QED) is 0.420. The minimum Gasteiger partial charge on any atom is -0.493 e. The van der Waals surface area contributed by atoms with E-state index in [2.05, 4.69) is 56.4 Å². The molecule has 1 N–H and O–H groups in total.